The molecule has 3 fully saturated rings. The van der Waals surface area contributed by atoms with E-state index < -0.39 is 24.0 Å². The molecule has 3 N–H and O–H groups in total. The Bertz CT molecular complexity index is 635. The molecule has 0 aromatic heterocycles. The van der Waals surface area contributed by atoms with Gasteiger partial charge in [-0.3, -0.25) is 0 Å². The van der Waals surface area contributed by atoms with Crippen LogP contribution >= 0.6 is 0 Å². The highest BCUT2D eigenvalue weighted by Crippen LogP contribution is 2.59. The normalized spacial score (nSPS) is 39.8. The Labute approximate surface area is 182 Å². The lowest BCUT2D eigenvalue weighted by atomic mass is 9.60. The molecule has 3 nitrogen and oxygen atoms in total. The van der Waals surface area contributed by atoms with Crippen molar-refractivity contribution in [3.63, 3.8) is 0 Å². The SMILES string of the molecule is C[C@H](CCCC(C)(C)O)[C@H]1CC[C@H]2/C(=C/C=C3C[C@@H](O)C(F)[C@H](O)C3)CCC[C@]12C. The van der Waals surface area contributed by atoms with Gasteiger partial charge in [0, 0.05) is 0 Å². The summed E-state index contributed by atoms with van der Waals surface area (Å²) >= 11 is 0. The van der Waals surface area contributed by atoms with Crippen molar-refractivity contribution in [2.75, 3.05) is 0 Å². The van der Waals surface area contributed by atoms with Gasteiger partial charge >= 0.3 is 0 Å². The van der Waals surface area contributed by atoms with E-state index in [0.717, 1.165) is 30.8 Å². The summed E-state index contributed by atoms with van der Waals surface area (Å²) in [6, 6.07) is 0. The Hall–Kier alpha value is -0.710. The lowest BCUT2D eigenvalue weighted by Gasteiger charge is -2.44. The van der Waals surface area contributed by atoms with Crippen LogP contribution in [0.4, 0.5) is 4.39 Å². The predicted molar refractivity (Wildman–Crippen MR) is 120 cm³/mol. The average molecular weight is 423 g/mol. The van der Waals surface area contributed by atoms with E-state index >= 15 is 0 Å². The average Bonchev–Trinajstić information content (AvgIpc) is 3.00. The number of halogens is 1. The van der Waals surface area contributed by atoms with Crippen molar-refractivity contribution in [3.05, 3.63) is 23.3 Å². The maximum absolute atomic E-state index is 13.7. The van der Waals surface area contributed by atoms with Crippen LogP contribution in [-0.2, 0) is 0 Å². The third kappa shape index (κ3) is 5.37. The van der Waals surface area contributed by atoms with E-state index in [4.69, 9.17) is 0 Å². The fourth-order valence-electron chi connectivity index (χ4n) is 6.74. The van der Waals surface area contributed by atoms with Gasteiger partial charge in [-0.25, -0.2) is 4.39 Å². The number of aliphatic hydroxyl groups excluding tert-OH is 2. The smallest absolute Gasteiger partial charge is 0.152 e. The predicted octanol–water partition coefficient (Wildman–Crippen LogP) is 5.49. The van der Waals surface area contributed by atoms with E-state index in [-0.39, 0.29) is 0 Å². The molecule has 0 heterocycles. The molecular formula is C26H43FO3. The Morgan fingerprint density at radius 2 is 1.83 bits per heavy atom. The summed E-state index contributed by atoms with van der Waals surface area (Å²) in [5.41, 5.74) is 2.23. The van der Waals surface area contributed by atoms with Gasteiger partial charge in [0.05, 0.1) is 17.8 Å². The van der Waals surface area contributed by atoms with Gasteiger partial charge in [0.1, 0.15) is 0 Å². The van der Waals surface area contributed by atoms with Crippen LogP contribution in [0.25, 0.3) is 0 Å². The zero-order valence-electron chi connectivity index (χ0n) is 19.4. The zero-order valence-corrected chi connectivity index (χ0v) is 19.4. The fourth-order valence-corrected chi connectivity index (χ4v) is 6.74. The topological polar surface area (TPSA) is 60.7 Å². The molecule has 0 aliphatic heterocycles. The third-order valence-electron chi connectivity index (χ3n) is 8.38. The summed E-state index contributed by atoms with van der Waals surface area (Å²) < 4.78 is 13.7. The maximum atomic E-state index is 13.7. The molecule has 6 atom stereocenters. The molecule has 3 aliphatic rings. The van der Waals surface area contributed by atoms with E-state index in [0.29, 0.717) is 30.1 Å². The molecular weight excluding hydrogens is 379 g/mol. The minimum Gasteiger partial charge on any atom is -0.390 e. The van der Waals surface area contributed by atoms with Gasteiger partial charge < -0.3 is 15.3 Å². The summed E-state index contributed by atoms with van der Waals surface area (Å²) in [5.74, 6) is 2.01. The van der Waals surface area contributed by atoms with Crippen molar-refractivity contribution in [1.82, 2.24) is 0 Å². The van der Waals surface area contributed by atoms with Crippen molar-refractivity contribution >= 4 is 0 Å². The number of fused-ring (bicyclic) bond motifs is 1. The molecule has 0 amide bonds. The van der Waals surface area contributed by atoms with E-state index in [2.05, 4.69) is 26.0 Å². The number of hydrogen-bond acceptors (Lipinski definition) is 3. The van der Waals surface area contributed by atoms with Crippen LogP contribution in [0, 0.1) is 23.2 Å². The van der Waals surface area contributed by atoms with Crippen LogP contribution in [0.1, 0.15) is 91.9 Å². The molecule has 3 aliphatic carbocycles. The second kappa shape index (κ2) is 9.42. The molecule has 0 aromatic carbocycles. The second-order valence-corrected chi connectivity index (χ2v) is 11.3. The van der Waals surface area contributed by atoms with Crippen molar-refractivity contribution < 1.29 is 19.7 Å². The minimum absolute atomic E-state index is 0.324. The van der Waals surface area contributed by atoms with Crippen molar-refractivity contribution in [3.8, 4) is 0 Å². The van der Waals surface area contributed by atoms with Gasteiger partial charge in [0.25, 0.3) is 0 Å². The lowest BCUT2D eigenvalue weighted by molar-refractivity contribution is -0.0256. The number of alkyl halides is 1. The number of hydrogen-bond donors (Lipinski definition) is 3. The Morgan fingerprint density at radius 1 is 1.17 bits per heavy atom. The lowest BCUT2D eigenvalue weighted by Crippen LogP contribution is -2.38. The molecule has 0 radical (unpaired) electrons. The summed E-state index contributed by atoms with van der Waals surface area (Å²) in [4.78, 5) is 0. The molecule has 172 valence electrons. The van der Waals surface area contributed by atoms with Crippen molar-refractivity contribution in [1.29, 1.82) is 0 Å². The van der Waals surface area contributed by atoms with Gasteiger partial charge in [0.2, 0.25) is 0 Å². The van der Waals surface area contributed by atoms with E-state index in [1.54, 1.807) is 0 Å². The molecule has 0 saturated heterocycles. The minimum atomic E-state index is -1.53. The van der Waals surface area contributed by atoms with Gasteiger partial charge in [0.15, 0.2) is 6.17 Å². The highest BCUT2D eigenvalue weighted by Gasteiger charge is 2.50. The molecule has 0 aromatic rings. The van der Waals surface area contributed by atoms with Gasteiger partial charge in [-0.15, -0.1) is 0 Å². The second-order valence-electron chi connectivity index (χ2n) is 11.3. The molecule has 30 heavy (non-hydrogen) atoms. The summed E-state index contributed by atoms with van der Waals surface area (Å²) in [7, 11) is 0. The molecule has 4 heteroatoms. The Kier molecular flexibility index (Phi) is 7.52. The van der Waals surface area contributed by atoms with E-state index in [9.17, 15) is 19.7 Å². The highest BCUT2D eigenvalue weighted by atomic mass is 19.1. The Balaban J connectivity index is 1.67. The largest absolute Gasteiger partial charge is 0.390 e. The standard InChI is InChI=1S/C26H43FO3/c1-17(7-5-13-25(2,3)30)20-11-12-21-19(8-6-14-26(20,21)4)10-9-18-15-22(28)24(27)23(29)16-18/h9-10,17,20-24,28-30H,5-8,11-16H2,1-4H3/b18-9?,19-10+/t17-,20-,21+,22-,23-,24?,26-/m1/s1. The number of aliphatic hydroxyl groups is 3. The van der Waals surface area contributed by atoms with Crippen LogP contribution in [0.15, 0.2) is 23.3 Å². The van der Waals surface area contributed by atoms with Crippen LogP contribution < -0.4 is 0 Å². The quantitative estimate of drug-likeness (QED) is 0.531. The summed E-state index contributed by atoms with van der Waals surface area (Å²) in [6.45, 7) is 8.69. The number of allylic oxidation sites excluding steroid dienone is 3. The summed E-state index contributed by atoms with van der Waals surface area (Å²) in [5, 5.41) is 29.7. The highest BCUT2D eigenvalue weighted by molar-refractivity contribution is 5.26. The van der Waals surface area contributed by atoms with Crippen LogP contribution in [0.5, 0.6) is 0 Å². The van der Waals surface area contributed by atoms with Crippen LogP contribution in [0.2, 0.25) is 0 Å². The zero-order chi connectivity index (χ0) is 22.1. The van der Waals surface area contributed by atoms with Crippen LogP contribution in [-0.4, -0.2) is 39.3 Å². The molecule has 3 rings (SSSR count). The maximum Gasteiger partial charge on any atom is 0.152 e. The van der Waals surface area contributed by atoms with Gasteiger partial charge in [-0.2, -0.15) is 0 Å². The first-order valence-electron chi connectivity index (χ1n) is 12.1. The first-order valence-corrected chi connectivity index (χ1v) is 12.1. The van der Waals surface area contributed by atoms with E-state index in [1.165, 1.54) is 37.7 Å². The monoisotopic (exact) mass is 422 g/mol. The third-order valence-corrected chi connectivity index (χ3v) is 8.38. The first-order chi connectivity index (χ1) is 14.0. The Morgan fingerprint density at radius 3 is 2.47 bits per heavy atom. The molecule has 3 saturated carbocycles. The van der Waals surface area contributed by atoms with Gasteiger partial charge in [-0.05, 0) is 88.4 Å². The molecule has 0 unspecified atom stereocenters. The van der Waals surface area contributed by atoms with Gasteiger partial charge in [-0.1, -0.05) is 50.0 Å². The van der Waals surface area contributed by atoms with E-state index in [1.807, 2.05) is 13.8 Å². The van der Waals surface area contributed by atoms with Crippen molar-refractivity contribution in [2.24, 2.45) is 23.2 Å². The molecule has 0 spiro atoms. The van der Waals surface area contributed by atoms with Crippen LogP contribution in [0.3, 0.4) is 0 Å². The molecule has 0 bridgehead atoms. The van der Waals surface area contributed by atoms with Crippen molar-refractivity contribution in [2.45, 2.75) is 116 Å². The first kappa shape index (κ1) is 23.9. The summed E-state index contributed by atoms with van der Waals surface area (Å²) in [6.07, 6.45) is 10.5. The fraction of sp³-hybridized carbons (Fsp3) is 0.846. The number of rotatable bonds is 6.